The lowest BCUT2D eigenvalue weighted by Crippen LogP contribution is -2.58. The van der Waals surface area contributed by atoms with Crippen molar-refractivity contribution in [3.05, 3.63) is 94.6 Å². The van der Waals surface area contributed by atoms with Crippen LogP contribution in [0.4, 0.5) is 24.5 Å². The summed E-state index contributed by atoms with van der Waals surface area (Å²) in [4.78, 5) is 63.9. The highest BCUT2D eigenvalue weighted by Gasteiger charge is 2.51. The van der Waals surface area contributed by atoms with E-state index in [1.54, 1.807) is 65.3 Å². The predicted molar refractivity (Wildman–Crippen MR) is 270 cm³/mol. The number of amides is 4. The fraction of sp³-hybridized carbons (Fsp3) is 0.481. The maximum atomic E-state index is 14.1. The number of likely N-dealkylation sites (tertiary alicyclic amines) is 1. The number of unbranched alkanes of at least 4 members (excludes halogenated alkanes) is 2. The molecule has 14 nitrogen and oxygen atoms in total. The number of alkyl halides is 3. The summed E-state index contributed by atoms with van der Waals surface area (Å²) in [7, 11) is 0. The monoisotopic (exact) mass is 1020 g/mol. The zero-order valence-electron chi connectivity index (χ0n) is 41.2. The summed E-state index contributed by atoms with van der Waals surface area (Å²) in [5, 5.41) is 15.1. The van der Waals surface area contributed by atoms with Crippen molar-refractivity contribution in [3.63, 3.8) is 0 Å². The van der Waals surface area contributed by atoms with Gasteiger partial charge in [0.1, 0.15) is 30.0 Å². The molecule has 0 unspecified atom stereocenters. The smallest absolute Gasteiger partial charge is 0.417 e. The second kappa shape index (κ2) is 23.5. The minimum absolute atomic E-state index is 0.00449. The first-order valence-corrected chi connectivity index (χ1v) is 25.0. The Morgan fingerprint density at radius 1 is 0.944 bits per heavy atom. The van der Waals surface area contributed by atoms with E-state index >= 15 is 0 Å². The number of nitrogens with zero attached hydrogens (tertiary/aromatic N) is 5. The number of benzene rings is 3. The van der Waals surface area contributed by atoms with E-state index in [1.807, 2.05) is 64.4 Å². The third-order valence-corrected chi connectivity index (χ3v) is 13.7. The van der Waals surface area contributed by atoms with Crippen LogP contribution in [0.25, 0.3) is 10.4 Å². The van der Waals surface area contributed by atoms with Crippen molar-refractivity contribution in [1.82, 2.24) is 20.5 Å². The van der Waals surface area contributed by atoms with Crippen LogP contribution >= 0.6 is 23.6 Å². The fourth-order valence-corrected chi connectivity index (χ4v) is 9.87. The van der Waals surface area contributed by atoms with Gasteiger partial charge in [0.05, 0.1) is 45.6 Å². The lowest BCUT2D eigenvalue weighted by Gasteiger charge is -2.35. The third kappa shape index (κ3) is 13.5. The molecule has 2 aliphatic heterocycles. The Morgan fingerprint density at radius 3 is 2.18 bits per heavy atom. The Balaban J connectivity index is 0.851. The van der Waals surface area contributed by atoms with Crippen molar-refractivity contribution in [3.8, 4) is 22.3 Å². The van der Waals surface area contributed by atoms with Gasteiger partial charge >= 0.3 is 6.18 Å². The SMILES string of the molecule is Cc1ncsc1-c1ccc(CNC(=O)[C@@H]2C[C@@H](C)CN2C(=O)[C@@H](NC(=O)COCCCCOCCCCOc2ccc(N3C(=S)N(c4ccc(C#N)c(C(F)(F)F)c4)C(=O)C3(C)C)cc2)C(C)(C)C)cc1. The minimum Gasteiger partial charge on any atom is -0.494 e. The van der Waals surface area contributed by atoms with Crippen LogP contribution in [0.3, 0.4) is 0 Å². The Labute approximate surface area is 422 Å². The molecule has 4 amide bonds. The van der Waals surface area contributed by atoms with Gasteiger partial charge in [0.15, 0.2) is 5.11 Å². The minimum atomic E-state index is -4.80. The number of ether oxygens (including phenoxy) is 3. The van der Waals surface area contributed by atoms with Crippen molar-refractivity contribution < 1.29 is 46.6 Å². The van der Waals surface area contributed by atoms with Crippen LogP contribution in [0.5, 0.6) is 5.75 Å². The molecule has 3 heterocycles. The Morgan fingerprint density at radius 2 is 1.58 bits per heavy atom. The van der Waals surface area contributed by atoms with Crippen molar-refractivity contribution in [2.24, 2.45) is 11.3 Å². The van der Waals surface area contributed by atoms with Gasteiger partial charge in [-0.2, -0.15) is 18.4 Å². The van der Waals surface area contributed by atoms with Gasteiger partial charge < -0.3 is 34.6 Å². The van der Waals surface area contributed by atoms with Gasteiger partial charge in [0.25, 0.3) is 5.91 Å². The van der Waals surface area contributed by atoms with Crippen molar-refractivity contribution in [2.45, 2.75) is 111 Å². The summed E-state index contributed by atoms with van der Waals surface area (Å²) in [5.74, 6) is -0.734. The highest BCUT2D eigenvalue weighted by Crippen LogP contribution is 2.40. The second-order valence-electron chi connectivity index (χ2n) is 19.5. The molecule has 3 atom stereocenters. The topological polar surface area (TPSA) is 166 Å². The number of hydrogen-bond donors (Lipinski definition) is 2. The molecular weight excluding hydrogens is 956 g/mol. The van der Waals surface area contributed by atoms with Gasteiger partial charge in [-0.3, -0.25) is 24.1 Å². The highest BCUT2D eigenvalue weighted by atomic mass is 32.1. The first kappa shape index (κ1) is 54.4. The zero-order chi connectivity index (χ0) is 51.7. The average Bonchev–Trinajstić information content (AvgIpc) is 3.99. The van der Waals surface area contributed by atoms with Crippen LogP contribution in [0.1, 0.15) is 96.0 Å². The number of aromatic nitrogens is 1. The van der Waals surface area contributed by atoms with Crippen LogP contribution in [0, 0.1) is 29.6 Å². The molecule has 2 N–H and O–H groups in total. The van der Waals surface area contributed by atoms with Crippen LogP contribution < -0.4 is 25.2 Å². The lowest BCUT2D eigenvalue weighted by atomic mass is 9.85. The maximum Gasteiger partial charge on any atom is 0.417 e. The van der Waals surface area contributed by atoms with Gasteiger partial charge in [-0.1, -0.05) is 52.0 Å². The quantitative estimate of drug-likeness (QED) is 0.0604. The number of hydrogen-bond acceptors (Lipinski definition) is 11. The molecule has 0 radical (unpaired) electrons. The predicted octanol–water partition coefficient (Wildman–Crippen LogP) is 8.98. The van der Waals surface area contributed by atoms with E-state index in [0.717, 1.165) is 58.0 Å². The molecule has 2 saturated heterocycles. The van der Waals surface area contributed by atoms with Gasteiger partial charge in [0, 0.05) is 38.6 Å². The molecule has 6 rings (SSSR count). The van der Waals surface area contributed by atoms with Gasteiger partial charge in [-0.15, -0.1) is 11.3 Å². The van der Waals surface area contributed by atoms with Gasteiger partial charge in [-0.05, 0) is 130 Å². The summed E-state index contributed by atoms with van der Waals surface area (Å²) in [6.07, 6.45) is -1.38. The lowest BCUT2D eigenvalue weighted by molar-refractivity contribution is -0.144. The Hall–Kier alpha value is -5.94. The van der Waals surface area contributed by atoms with Crippen molar-refractivity contribution >= 4 is 63.7 Å². The molecule has 19 heteroatoms. The first-order valence-electron chi connectivity index (χ1n) is 23.7. The standard InChI is InChI=1S/C52H62F3N7O7S2/c1-33-26-42(46(64)57-29-35-12-14-36(15-13-35)44-34(2)58-32-71-44)60(30-33)47(65)45(50(3,4)5)59-43(63)31-68-24-9-8-22-67-23-10-11-25-69-40-20-18-38(19-21-40)62-49(70)61(48(66)51(62,6)7)39-17-16-37(28-56)41(27-39)52(53,54)55/h12-21,27,32-33,42,45H,8-11,22-26,29-31H2,1-7H3,(H,57,64)(H,59,63)/t33-,42+,45-/m1/s1. The Bertz CT molecular complexity index is 2580. The van der Waals surface area contributed by atoms with E-state index in [9.17, 15) is 37.6 Å². The maximum absolute atomic E-state index is 14.1. The summed E-state index contributed by atoms with van der Waals surface area (Å²) in [6.45, 7) is 15.3. The van der Waals surface area contributed by atoms with E-state index in [0.29, 0.717) is 63.8 Å². The summed E-state index contributed by atoms with van der Waals surface area (Å²) in [5.41, 5.74) is 1.75. The number of halogens is 3. The highest BCUT2D eigenvalue weighted by molar-refractivity contribution is 7.81. The van der Waals surface area contributed by atoms with E-state index in [2.05, 4.69) is 15.6 Å². The zero-order valence-corrected chi connectivity index (χ0v) is 42.8. The van der Waals surface area contributed by atoms with Crippen LogP contribution in [0.15, 0.2) is 72.2 Å². The van der Waals surface area contributed by atoms with Crippen molar-refractivity contribution in [1.29, 1.82) is 5.26 Å². The molecule has 2 aliphatic rings. The van der Waals surface area contributed by atoms with E-state index in [4.69, 9.17) is 26.4 Å². The molecule has 2 fully saturated rings. The molecule has 0 saturated carbocycles. The number of carbonyl (C=O) groups excluding carboxylic acids is 4. The largest absolute Gasteiger partial charge is 0.494 e. The fourth-order valence-electron chi connectivity index (χ4n) is 8.54. The number of thiocarbonyl (C=S) groups is 1. The number of thiazole rings is 1. The molecule has 0 aliphatic carbocycles. The molecule has 4 aromatic rings. The average molecular weight is 1020 g/mol. The van der Waals surface area contributed by atoms with Gasteiger partial charge in [0.2, 0.25) is 17.7 Å². The molecule has 380 valence electrons. The van der Waals surface area contributed by atoms with Gasteiger partial charge in [-0.25, -0.2) is 4.98 Å². The summed E-state index contributed by atoms with van der Waals surface area (Å²) in [6, 6.07) is 18.0. The number of nitriles is 1. The van der Waals surface area contributed by atoms with Crippen molar-refractivity contribution in [2.75, 3.05) is 49.4 Å². The second-order valence-corrected chi connectivity index (χ2v) is 20.7. The van der Waals surface area contributed by atoms with E-state index in [1.165, 1.54) is 6.07 Å². The van der Waals surface area contributed by atoms with E-state index < -0.39 is 52.2 Å². The number of nitrogens with one attached hydrogen (secondary N) is 2. The van der Waals surface area contributed by atoms with Crippen LogP contribution in [-0.2, 0) is 41.4 Å². The molecule has 0 spiro atoms. The van der Waals surface area contributed by atoms with Crippen LogP contribution in [0.2, 0.25) is 0 Å². The third-order valence-electron chi connectivity index (χ3n) is 12.4. The molecule has 3 aromatic carbocycles. The number of rotatable bonds is 21. The number of anilines is 2. The van der Waals surface area contributed by atoms with Crippen LogP contribution in [-0.4, -0.2) is 95.8 Å². The van der Waals surface area contributed by atoms with E-state index in [-0.39, 0.29) is 35.1 Å². The molecule has 71 heavy (non-hydrogen) atoms. The first-order chi connectivity index (χ1) is 33.6. The number of carbonyl (C=O) groups is 4. The normalized spacial score (nSPS) is 17.3. The molecule has 0 bridgehead atoms. The number of aryl methyl sites for hydroxylation is 1. The summed E-state index contributed by atoms with van der Waals surface area (Å²) < 4.78 is 58.5. The Kier molecular flexibility index (Phi) is 18.0. The summed E-state index contributed by atoms with van der Waals surface area (Å²) >= 11 is 7.21. The molecule has 1 aromatic heterocycles. The molecular formula is C52H62F3N7O7S2.